The van der Waals surface area contributed by atoms with E-state index in [4.69, 9.17) is 5.73 Å². The molecule has 0 aliphatic carbocycles. The molecule has 1 aliphatic heterocycles. The van der Waals surface area contributed by atoms with Crippen molar-refractivity contribution in [1.82, 2.24) is 24.8 Å². The van der Waals surface area contributed by atoms with Gasteiger partial charge in [0.2, 0.25) is 0 Å². The summed E-state index contributed by atoms with van der Waals surface area (Å²) >= 11 is 0. The van der Waals surface area contributed by atoms with Gasteiger partial charge in [-0.2, -0.15) is 5.26 Å². The molecule has 1 fully saturated rings. The highest BCUT2D eigenvalue weighted by atomic mass is 15.2. The molecule has 2 N–H and O–H groups in total. The molecule has 0 bridgehead atoms. The Morgan fingerprint density at radius 2 is 2.08 bits per heavy atom. The summed E-state index contributed by atoms with van der Waals surface area (Å²) < 4.78 is 0. The standard InChI is InChI=1S/C17H22N8/c1-24(12-16-21-6-4-15(19)23-16)13-3-2-9-25(10-5-13)17-14(11-18)20-7-8-22-17/h4,6-8,13H,2-3,5,9-10,12H2,1H3,(H2,19,21,23)/t13-/m0/s1. The van der Waals surface area contributed by atoms with Crippen LogP contribution < -0.4 is 10.6 Å². The van der Waals surface area contributed by atoms with Gasteiger partial charge in [-0.25, -0.2) is 19.9 Å². The van der Waals surface area contributed by atoms with E-state index in [1.807, 2.05) is 0 Å². The molecule has 130 valence electrons. The highest BCUT2D eigenvalue weighted by Gasteiger charge is 2.23. The maximum absolute atomic E-state index is 9.23. The topological polar surface area (TPSA) is 108 Å². The number of hydrogen-bond donors (Lipinski definition) is 1. The molecule has 0 aromatic carbocycles. The predicted octanol–water partition coefficient (Wildman–Crippen LogP) is 1.21. The third-order valence-electron chi connectivity index (χ3n) is 4.52. The van der Waals surface area contributed by atoms with Gasteiger partial charge in [-0.15, -0.1) is 0 Å². The summed E-state index contributed by atoms with van der Waals surface area (Å²) in [5.74, 6) is 1.92. The average Bonchev–Trinajstić information content (AvgIpc) is 2.88. The van der Waals surface area contributed by atoms with Crippen LogP contribution in [0.25, 0.3) is 0 Å². The van der Waals surface area contributed by atoms with Crippen LogP contribution in [0.2, 0.25) is 0 Å². The lowest BCUT2D eigenvalue weighted by Gasteiger charge is -2.27. The van der Waals surface area contributed by atoms with Gasteiger partial charge in [0, 0.05) is 37.7 Å². The van der Waals surface area contributed by atoms with Crippen LogP contribution in [0.15, 0.2) is 24.7 Å². The average molecular weight is 338 g/mol. The Morgan fingerprint density at radius 3 is 2.88 bits per heavy atom. The van der Waals surface area contributed by atoms with E-state index >= 15 is 0 Å². The smallest absolute Gasteiger partial charge is 0.183 e. The molecule has 2 aromatic heterocycles. The van der Waals surface area contributed by atoms with Crippen molar-refractivity contribution < 1.29 is 0 Å². The number of aromatic nitrogens is 4. The summed E-state index contributed by atoms with van der Waals surface area (Å²) in [4.78, 5) is 21.5. The van der Waals surface area contributed by atoms with E-state index in [1.54, 1.807) is 24.7 Å². The first-order valence-corrected chi connectivity index (χ1v) is 8.41. The van der Waals surface area contributed by atoms with Gasteiger partial charge in [0.05, 0.1) is 6.54 Å². The second-order valence-corrected chi connectivity index (χ2v) is 6.22. The maximum Gasteiger partial charge on any atom is 0.183 e. The predicted molar refractivity (Wildman–Crippen MR) is 94.5 cm³/mol. The second-order valence-electron chi connectivity index (χ2n) is 6.22. The van der Waals surface area contributed by atoms with Gasteiger partial charge < -0.3 is 10.6 Å². The normalized spacial score (nSPS) is 18.0. The summed E-state index contributed by atoms with van der Waals surface area (Å²) in [5.41, 5.74) is 6.12. The molecule has 0 saturated carbocycles. The van der Waals surface area contributed by atoms with E-state index in [2.05, 4.69) is 42.9 Å². The molecule has 0 amide bonds. The van der Waals surface area contributed by atoms with Crippen molar-refractivity contribution in [2.45, 2.75) is 31.8 Å². The molecule has 1 saturated heterocycles. The largest absolute Gasteiger partial charge is 0.384 e. The fourth-order valence-electron chi connectivity index (χ4n) is 3.22. The van der Waals surface area contributed by atoms with Crippen LogP contribution in [0, 0.1) is 11.3 Å². The Hall–Kier alpha value is -2.79. The van der Waals surface area contributed by atoms with Crippen LogP contribution in [0.1, 0.15) is 30.8 Å². The molecule has 0 spiro atoms. The van der Waals surface area contributed by atoms with Gasteiger partial charge in [-0.1, -0.05) is 0 Å². The number of nitrogens with two attached hydrogens (primary N) is 1. The lowest BCUT2D eigenvalue weighted by molar-refractivity contribution is 0.212. The Bertz CT molecular complexity index is 756. The quantitative estimate of drug-likeness (QED) is 0.886. The van der Waals surface area contributed by atoms with Crippen molar-refractivity contribution in [2.24, 2.45) is 0 Å². The van der Waals surface area contributed by atoms with Gasteiger partial charge in [0.25, 0.3) is 0 Å². The minimum absolute atomic E-state index is 0.391. The van der Waals surface area contributed by atoms with Crippen molar-refractivity contribution in [3.63, 3.8) is 0 Å². The van der Waals surface area contributed by atoms with Crippen molar-refractivity contribution >= 4 is 11.6 Å². The lowest BCUT2D eigenvalue weighted by atomic mass is 10.1. The molecule has 3 rings (SSSR count). The highest BCUT2D eigenvalue weighted by Crippen LogP contribution is 2.22. The third kappa shape index (κ3) is 4.19. The first kappa shape index (κ1) is 17.0. The summed E-state index contributed by atoms with van der Waals surface area (Å²) in [6.07, 6.45) is 7.99. The summed E-state index contributed by atoms with van der Waals surface area (Å²) in [5, 5.41) is 9.23. The zero-order valence-corrected chi connectivity index (χ0v) is 14.3. The molecule has 0 unspecified atom stereocenters. The molecule has 25 heavy (non-hydrogen) atoms. The van der Waals surface area contributed by atoms with E-state index in [1.165, 1.54) is 0 Å². The molecule has 8 nitrogen and oxygen atoms in total. The van der Waals surface area contributed by atoms with Crippen LogP contribution in [-0.2, 0) is 6.54 Å². The van der Waals surface area contributed by atoms with Crippen LogP contribution in [0.5, 0.6) is 0 Å². The van der Waals surface area contributed by atoms with Crippen LogP contribution in [0.4, 0.5) is 11.6 Å². The van der Waals surface area contributed by atoms with Crippen LogP contribution >= 0.6 is 0 Å². The number of rotatable bonds is 4. The summed E-state index contributed by atoms with van der Waals surface area (Å²) in [6.45, 7) is 2.40. The van der Waals surface area contributed by atoms with Crippen molar-refractivity contribution in [3.8, 4) is 6.07 Å². The summed E-state index contributed by atoms with van der Waals surface area (Å²) in [6, 6.07) is 4.25. The van der Waals surface area contributed by atoms with E-state index in [-0.39, 0.29) is 0 Å². The minimum Gasteiger partial charge on any atom is -0.384 e. The maximum atomic E-state index is 9.23. The number of nitrogens with zero attached hydrogens (tertiary/aromatic N) is 7. The molecule has 1 aliphatic rings. The van der Waals surface area contributed by atoms with Crippen LogP contribution in [0.3, 0.4) is 0 Å². The highest BCUT2D eigenvalue weighted by molar-refractivity contribution is 5.49. The molecular formula is C17H22N8. The first-order chi connectivity index (χ1) is 12.2. The van der Waals surface area contributed by atoms with Crippen molar-refractivity contribution in [2.75, 3.05) is 30.8 Å². The van der Waals surface area contributed by atoms with Gasteiger partial charge in [-0.05, 0) is 32.4 Å². The second kappa shape index (κ2) is 7.85. The molecule has 2 aromatic rings. The number of nitrogen functional groups attached to an aromatic ring is 1. The summed E-state index contributed by atoms with van der Waals surface area (Å²) in [7, 11) is 2.09. The van der Waals surface area contributed by atoms with Gasteiger partial charge in [0.15, 0.2) is 11.5 Å². The fourth-order valence-corrected chi connectivity index (χ4v) is 3.22. The van der Waals surface area contributed by atoms with Crippen LogP contribution in [-0.4, -0.2) is 51.0 Å². The van der Waals surface area contributed by atoms with E-state index in [0.717, 1.165) is 38.2 Å². The van der Waals surface area contributed by atoms with Gasteiger partial charge in [-0.3, -0.25) is 4.90 Å². The molecular weight excluding hydrogens is 316 g/mol. The third-order valence-corrected chi connectivity index (χ3v) is 4.52. The van der Waals surface area contributed by atoms with E-state index in [0.29, 0.717) is 29.9 Å². The number of nitriles is 1. The van der Waals surface area contributed by atoms with E-state index in [9.17, 15) is 5.26 Å². The minimum atomic E-state index is 0.391. The SMILES string of the molecule is CN(Cc1nccc(N)n1)[C@H]1CCCN(c2nccnc2C#N)CC1. The van der Waals surface area contributed by atoms with Crippen molar-refractivity contribution in [3.05, 3.63) is 36.2 Å². The lowest BCUT2D eigenvalue weighted by Crippen LogP contribution is -2.33. The fraction of sp³-hybridized carbons (Fsp3) is 0.471. The zero-order chi connectivity index (χ0) is 17.6. The van der Waals surface area contributed by atoms with E-state index < -0.39 is 0 Å². The van der Waals surface area contributed by atoms with Gasteiger partial charge >= 0.3 is 0 Å². The number of anilines is 2. The molecule has 8 heteroatoms. The Balaban J connectivity index is 1.64. The Labute approximate surface area is 147 Å². The Kier molecular flexibility index (Phi) is 5.36. The monoisotopic (exact) mass is 338 g/mol. The molecule has 3 heterocycles. The molecule has 1 atom stereocenters. The van der Waals surface area contributed by atoms with Crippen molar-refractivity contribution in [1.29, 1.82) is 5.26 Å². The first-order valence-electron chi connectivity index (χ1n) is 8.41. The number of hydrogen-bond acceptors (Lipinski definition) is 8. The molecule has 0 radical (unpaired) electrons. The zero-order valence-electron chi connectivity index (χ0n) is 14.3. The van der Waals surface area contributed by atoms with Gasteiger partial charge in [0.1, 0.15) is 17.7 Å². The Morgan fingerprint density at radius 1 is 1.24 bits per heavy atom.